The van der Waals surface area contributed by atoms with Gasteiger partial charge in [0.1, 0.15) is 5.82 Å². The molecule has 2 aromatic carbocycles. The average molecular weight is 272 g/mol. The van der Waals surface area contributed by atoms with E-state index in [0.29, 0.717) is 13.1 Å². The van der Waals surface area contributed by atoms with Gasteiger partial charge in [-0.25, -0.2) is 4.39 Å². The van der Waals surface area contributed by atoms with Crippen LogP contribution in [0, 0.1) is 5.82 Å². The van der Waals surface area contributed by atoms with Crippen LogP contribution in [0.25, 0.3) is 0 Å². The lowest BCUT2D eigenvalue weighted by Gasteiger charge is -2.18. The molecule has 0 saturated heterocycles. The van der Waals surface area contributed by atoms with Crippen molar-refractivity contribution in [1.29, 1.82) is 0 Å². The first kappa shape index (κ1) is 14.7. The Bertz CT molecular complexity index is 554. The Kier molecular flexibility index (Phi) is 5.27. The fourth-order valence-electron chi connectivity index (χ4n) is 2.31. The van der Waals surface area contributed by atoms with Crippen LogP contribution in [0.3, 0.4) is 0 Å². The van der Waals surface area contributed by atoms with Crippen molar-refractivity contribution in [3.05, 3.63) is 71.0 Å². The maximum absolute atomic E-state index is 13.6. The number of nitrogens with zero attached hydrogens (tertiary/aromatic N) is 1. The van der Waals surface area contributed by atoms with E-state index in [-0.39, 0.29) is 5.82 Å². The fraction of sp³-hybridized carbons (Fsp3) is 0.294. The first-order chi connectivity index (χ1) is 9.70. The summed E-state index contributed by atoms with van der Waals surface area (Å²) in [4.78, 5) is 2.13. The smallest absolute Gasteiger partial charge is 0.127 e. The molecule has 0 aromatic heterocycles. The average Bonchev–Trinajstić information content (AvgIpc) is 2.48. The lowest BCUT2D eigenvalue weighted by Crippen LogP contribution is -2.22. The van der Waals surface area contributed by atoms with Gasteiger partial charge in [-0.2, -0.15) is 0 Å². The molecule has 0 amide bonds. The minimum absolute atomic E-state index is 0.137. The molecule has 0 radical (unpaired) electrons. The first-order valence-corrected chi connectivity index (χ1v) is 6.89. The molecular weight excluding hydrogens is 251 g/mol. The summed E-state index contributed by atoms with van der Waals surface area (Å²) in [5, 5.41) is 0. The predicted molar refractivity (Wildman–Crippen MR) is 80.8 cm³/mol. The van der Waals surface area contributed by atoms with Crippen molar-refractivity contribution >= 4 is 0 Å². The zero-order chi connectivity index (χ0) is 14.4. The van der Waals surface area contributed by atoms with Crippen LogP contribution in [-0.2, 0) is 19.5 Å². The van der Waals surface area contributed by atoms with E-state index in [4.69, 9.17) is 5.73 Å². The molecule has 0 unspecified atom stereocenters. The lowest BCUT2D eigenvalue weighted by molar-refractivity contribution is 0.325. The molecule has 106 valence electrons. The van der Waals surface area contributed by atoms with Gasteiger partial charge in [0.05, 0.1) is 0 Å². The fourth-order valence-corrected chi connectivity index (χ4v) is 2.31. The van der Waals surface area contributed by atoms with Crippen LogP contribution in [0.15, 0.2) is 48.5 Å². The van der Waals surface area contributed by atoms with E-state index in [1.807, 2.05) is 31.3 Å². The molecule has 2 aromatic rings. The Morgan fingerprint density at radius 2 is 1.55 bits per heavy atom. The summed E-state index contributed by atoms with van der Waals surface area (Å²) in [6.45, 7) is 2.07. The van der Waals surface area contributed by atoms with E-state index in [0.717, 1.165) is 18.5 Å². The molecule has 2 nitrogen and oxygen atoms in total. The van der Waals surface area contributed by atoms with Gasteiger partial charge in [-0.05, 0) is 30.7 Å². The van der Waals surface area contributed by atoms with E-state index in [1.165, 1.54) is 17.2 Å². The quantitative estimate of drug-likeness (QED) is 0.876. The van der Waals surface area contributed by atoms with E-state index in [2.05, 4.69) is 17.0 Å². The number of hydrogen-bond acceptors (Lipinski definition) is 2. The molecule has 0 aliphatic heterocycles. The molecule has 0 aliphatic carbocycles. The molecule has 20 heavy (non-hydrogen) atoms. The van der Waals surface area contributed by atoms with Crippen molar-refractivity contribution in [2.45, 2.75) is 19.5 Å². The van der Waals surface area contributed by atoms with Crippen LogP contribution in [0.5, 0.6) is 0 Å². The number of likely N-dealkylation sites (N-methyl/N-ethyl adjacent to an activating group) is 1. The Labute approximate surface area is 120 Å². The van der Waals surface area contributed by atoms with Gasteiger partial charge in [-0.15, -0.1) is 0 Å². The minimum atomic E-state index is -0.137. The number of rotatable bonds is 6. The van der Waals surface area contributed by atoms with Crippen LogP contribution in [-0.4, -0.2) is 18.5 Å². The highest BCUT2D eigenvalue weighted by Gasteiger charge is 2.06. The van der Waals surface area contributed by atoms with Gasteiger partial charge in [-0.3, -0.25) is 0 Å². The second-order valence-corrected chi connectivity index (χ2v) is 5.05. The maximum Gasteiger partial charge on any atom is 0.127 e. The third kappa shape index (κ3) is 3.89. The van der Waals surface area contributed by atoms with Crippen LogP contribution in [0.2, 0.25) is 0 Å². The van der Waals surface area contributed by atoms with Gasteiger partial charge in [0, 0.05) is 25.2 Å². The molecule has 3 heteroatoms. The third-order valence-corrected chi connectivity index (χ3v) is 3.50. The van der Waals surface area contributed by atoms with Crippen LogP contribution in [0.1, 0.15) is 16.7 Å². The number of nitrogens with two attached hydrogens (primary N) is 1. The molecule has 0 aliphatic rings. The largest absolute Gasteiger partial charge is 0.326 e. The number of halogens is 1. The molecule has 0 spiro atoms. The van der Waals surface area contributed by atoms with Gasteiger partial charge < -0.3 is 10.6 Å². The number of benzene rings is 2. The van der Waals surface area contributed by atoms with E-state index < -0.39 is 0 Å². The summed E-state index contributed by atoms with van der Waals surface area (Å²) in [7, 11) is 2.01. The molecule has 2 rings (SSSR count). The Balaban J connectivity index is 1.92. The van der Waals surface area contributed by atoms with Crippen LogP contribution >= 0.6 is 0 Å². The van der Waals surface area contributed by atoms with Gasteiger partial charge >= 0.3 is 0 Å². The summed E-state index contributed by atoms with van der Waals surface area (Å²) >= 11 is 0. The molecule has 0 bridgehead atoms. The van der Waals surface area contributed by atoms with Crippen molar-refractivity contribution < 1.29 is 4.39 Å². The highest BCUT2D eigenvalue weighted by atomic mass is 19.1. The zero-order valence-corrected chi connectivity index (χ0v) is 11.8. The van der Waals surface area contributed by atoms with Crippen molar-refractivity contribution in [1.82, 2.24) is 4.90 Å². The molecule has 0 saturated carbocycles. The normalized spacial score (nSPS) is 11.0. The van der Waals surface area contributed by atoms with Crippen molar-refractivity contribution in [3.8, 4) is 0 Å². The van der Waals surface area contributed by atoms with Crippen molar-refractivity contribution in [2.24, 2.45) is 5.73 Å². The Morgan fingerprint density at radius 3 is 2.20 bits per heavy atom. The second-order valence-electron chi connectivity index (χ2n) is 5.05. The van der Waals surface area contributed by atoms with Crippen molar-refractivity contribution in [3.63, 3.8) is 0 Å². The highest BCUT2D eigenvalue weighted by Crippen LogP contribution is 2.12. The number of hydrogen-bond donors (Lipinski definition) is 1. The van der Waals surface area contributed by atoms with Crippen LogP contribution < -0.4 is 5.73 Å². The molecule has 2 N–H and O–H groups in total. The highest BCUT2D eigenvalue weighted by molar-refractivity contribution is 5.27. The second kappa shape index (κ2) is 7.17. The third-order valence-electron chi connectivity index (χ3n) is 3.50. The SMILES string of the molecule is CN(CCc1ccccc1CN)Cc1ccccc1F. The monoisotopic (exact) mass is 272 g/mol. The molecule has 0 heterocycles. The summed E-state index contributed by atoms with van der Waals surface area (Å²) in [6, 6.07) is 15.1. The van der Waals surface area contributed by atoms with Gasteiger partial charge in [0.25, 0.3) is 0 Å². The van der Waals surface area contributed by atoms with E-state index in [1.54, 1.807) is 6.07 Å². The summed E-state index contributed by atoms with van der Waals surface area (Å²) in [5.41, 5.74) is 8.94. The Hall–Kier alpha value is -1.71. The minimum Gasteiger partial charge on any atom is -0.326 e. The standard InChI is InChI=1S/C17H21FN2/c1-20(13-16-8-4-5-9-17(16)18)11-10-14-6-2-3-7-15(14)12-19/h2-9H,10-13,19H2,1H3. The molecular formula is C17H21FN2. The van der Waals surface area contributed by atoms with Gasteiger partial charge in [0.15, 0.2) is 0 Å². The summed E-state index contributed by atoms with van der Waals surface area (Å²) in [6.07, 6.45) is 0.929. The molecule has 0 atom stereocenters. The van der Waals surface area contributed by atoms with Crippen molar-refractivity contribution in [2.75, 3.05) is 13.6 Å². The van der Waals surface area contributed by atoms with E-state index in [9.17, 15) is 4.39 Å². The zero-order valence-electron chi connectivity index (χ0n) is 11.8. The van der Waals surface area contributed by atoms with Gasteiger partial charge in [0.2, 0.25) is 0 Å². The summed E-state index contributed by atoms with van der Waals surface area (Å²) < 4.78 is 13.6. The molecule has 0 fully saturated rings. The first-order valence-electron chi connectivity index (χ1n) is 6.89. The lowest BCUT2D eigenvalue weighted by atomic mass is 10.0. The van der Waals surface area contributed by atoms with E-state index >= 15 is 0 Å². The predicted octanol–water partition coefficient (Wildman–Crippen LogP) is 2.96. The maximum atomic E-state index is 13.6. The van der Waals surface area contributed by atoms with Gasteiger partial charge in [-0.1, -0.05) is 42.5 Å². The topological polar surface area (TPSA) is 29.3 Å². The van der Waals surface area contributed by atoms with Crippen LogP contribution in [0.4, 0.5) is 4.39 Å². The summed E-state index contributed by atoms with van der Waals surface area (Å²) in [5.74, 6) is -0.137. The Morgan fingerprint density at radius 1 is 0.950 bits per heavy atom.